The van der Waals surface area contributed by atoms with Gasteiger partial charge in [-0.1, -0.05) is 12.1 Å². The topological polar surface area (TPSA) is 84.9 Å². The van der Waals surface area contributed by atoms with E-state index in [0.29, 0.717) is 34.9 Å². The van der Waals surface area contributed by atoms with Gasteiger partial charge in [0.25, 0.3) is 11.8 Å². The number of amides is 3. The first-order chi connectivity index (χ1) is 13.0. The number of carbonyl (C=O) groups excluding carboxylic acids is 3. The third kappa shape index (κ3) is 3.76. The average molecular weight is 368 g/mol. The van der Waals surface area contributed by atoms with Gasteiger partial charge >= 0.3 is 0 Å². The molecule has 0 bridgehead atoms. The monoisotopic (exact) mass is 368 g/mol. The Labute approximate surface area is 156 Å². The smallest absolute Gasteiger partial charge is 0.261 e. The first-order valence-electron chi connectivity index (χ1n) is 8.61. The van der Waals surface area contributed by atoms with Crippen LogP contribution in [0.4, 0.5) is 5.69 Å². The molecule has 1 aliphatic heterocycles. The van der Waals surface area contributed by atoms with E-state index in [2.05, 4.69) is 5.32 Å². The summed E-state index contributed by atoms with van der Waals surface area (Å²) in [6.07, 6.45) is 0.00145. The Bertz CT molecular complexity index is 859. The minimum Gasteiger partial charge on any atom is -0.493 e. The number of nitrogens with one attached hydrogen (secondary N) is 1. The zero-order chi connectivity index (χ0) is 19.4. The van der Waals surface area contributed by atoms with Crippen LogP contribution < -0.4 is 14.8 Å². The van der Waals surface area contributed by atoms with E-state index in [1.54, 1.807) is 42.5 Å². The quantitative estimate of drug-likeness (QED) is 0.760. The van der Waals surface area contributed by atoms with Crippen molar-refractivity contribution in [2.75, 3.05) is 25.6 Å². The van der Waals surface area contributed by atoms with Crippen LogP contribution in [0.5, 0.6) is 11.5 Å². The molecule has 0 atom stereocenters. The van der Waals surface area contributed by atoms with Gasteiger partial charge in [0.15, 0.2) is 11.5 Å². The van der Waals surface area contributed by atoms with Gasteiger partial charge in [-0.2, -0.15) is 0 Å². The van der Waals surface area contributed by atoms with Gasteiger partial charge in [-0.15, -0.1) is 0 Å². The summed E-state index contributed by atoms with van der Waals surface area (Å²) in [5.74, 6) is 0.0520. The minimum absolute atomic E-state index is 0.00145. The van der Waals surface area contributed by atoms with Gasteiger partial charge in [-0.25, -0.2) is 0 Å². The number of nitrogens with zero attached hydrogens (tertiary/aromatic N) is 1. The zero-order valence-electron chi connectivity index (χ0n) is 15.2. The van der Waals surface area contributed by atoms with E-state index in [0.717, 1.165) is 4.90 Å². The number of carbonyl (C=O) groups is 3. The number of ether oxygens (including phenoxy) is 2. The summed E-state index contributed by atoms with van der Waals surface area (Å²) in [5.41, 5.74) is 1.30. The van der Waals surface area contributed by atoms with Crippen molar-refractivity contribution in [1.29, 1.82) is 0 Å². The number of rotatable bonds is 7. The highest BCUT2D eigenvalue weighted by Crippen LogP contribution is 2.30. The molecule has 3 rings (SSSR count). The maximum atomic E-state index is 12.3. The van der Waals surface area contributed by atoms with Crippen LogP contribution in [0.1, 0.15) is 34.1 Å². The highest BCUT2D eigenvalue weighted by Gasteiger charge is 2.34. The Kier molecular flexibility index (Phi) is 5.40. The molecule has 1 aliphatic rings. The summed E-state index contributed by atoms with van der Waals surface area (Å²) in [4.78, 5) is 38.0. The summed E-state index contributed by atoms with van der Waals surface area (Å²) < 4.78 is 10.7. The maximum Gasteiger partial charge on any atom is 0.261 e. The third-order valence-electron chi connectivity index (χ3n) is 4.19. The van der Waals surface area contributed by atoms with Crippen molar-refractivity contribution in [3.63, 3.8) is 0 Å². The summed E-state index contributed by atoms with van der Waals surface area (Å²) >= 11 is 0. The Morgan fingerprint density at radius 1 is 1.04 bits per heavy atom. The van der Waals surface area contributed by atoms with Gasteiger partial charge in [-0.3, -0.25) is 19.3 Å². The lowest BCUT2D eigenvalue weighted by Crippen LogP contribution is -2.32. The van der Waals surface area contributed by atoms with Gasteiger partial charge in [0.2, 0.25) is 5.91 Å². The van der Waals surface area contributed by atoms with Crippen LogP contribution in [0.3, 0.4) is 0 Å². The third-order valence-corrected chi connectivity index (χ3v) is 4.19. The van der Waals surface area contributed by atoms with Crippen molar-refractivity contribution in [2.45, 2.75) is 13.3 Å². The predicted molar refractivity (Wildman–Crippen MR) is 99.2 cm³/mol. The lowest BCUT2D eigenvalue weighted by atomic mass is 10.1. The summed E-state index contributed by atoms with van der Waals surface area (Å²) in [7, 11) is 1.54. The van der Waals surface area contributed by atoms with Crippen LogP contribution in [0, 0.1) is 0 Å². The van der Waals surface area contributed by atoms with Crippen molar-refractivity contribution in [1.82, 2.24) is 4.90 Å². The van der Waals surface area contributed by atoms with E-state index in [4.69, 9.17) is 9.47 Å². The summed E-state index contributed by atoms with van der Waals surface area (Å²) in [6.45, 7) is 2.34. The number of benzene rings is 2. The number of imide groups is 1. The molecule has 0 aliphatic carbocycles. The molecule has 140 valence electrons. The molecule has 3 amide bonds. The normalized spacial score (nSPS) is 12.7. The van der Waals surface area contributed by atoms with Crippen LogP contribution in [-0.4, -0.2) is 42.9 Å². The van der Waals surface area contributed by atoms with E-state index in [1.807, 2.05) is 6.92 Å². The van der Waals surface area contributed by atoms with Crippen LogP contribution >= 0.6 is 0 Å². The molecular weight excluding hydrogens is 348 g/mol. The number of hydrogen-bond acceptors (Lipinski definition) is 5. The number of anilines is 1. The molecule has 1 N–H and O–H groups in total. The number of fused-ring (bicyclic) bond motifs is 1. The molecule has 7 nitrogen and oxygen atoms in total. The first kappa shape index (κ1) is 18.4. The molecule has 2 aromatic carbocycles. The van der Waals surface area contributed by atoms with E-state index >= 15 is 0 Å². The maximum absolute atomic E-state index is 12.3. The van der Waals surface area contributed by atoms with Crippen LogP contribution in [0.2, 0.25) is 0 Å². The minimum atomic E-state index is -0.369. The summed E-state index contributed by atoms with van der Waals surface area (Å²) in [5, 5.41) is 2.74. The Hall–Kier alpha value is -3.35. The van der Waals surface area contributed by atoms with Crippen LogP contribution in [-0.2, 0) is 4.79 Å². The number of methoxy groups -OCH3 is 1. The predicted octanol–water partition coefficient (Wildman–Crippen LogP) is 2.72. The summed E-state index contributed by atoms with van der Waals surface area (Å²) in [6, 6.07) is 11.7. The number of hydrogen-bond donors (Lipinski definition) is 1. The van der Waals surface area contributed by atoms with E-state index < -0.39 is 0 Å². The average Bonchev–Trinajstić information content (AvgIpc) is 2.91. The van der Waals surface area contributed by atoms with Crippen molar-refractivity contribution in [3.05, 3.63) is 53.6 Å². The van der Waals surface area contributed by atoms with Crippen molar-refractivity contribution in [3.8, 4) is 11.5 Å². The fourth-order valence-corrected chi connectivity index (χ4v) is 2.90. The molecule has 7 heteroatoms. The molecule has 0 spiro atoms. The first-order valence-corrected chi connectivity index (χ1v) is 8.61. The van der Waals surface area contributed by atoms with E-state index in [9.17, 15) is 14.4 Å². The second-order valence-electron chi connectivity index (χ2n) is 5.90. The standard InChI is InChI=1S/C20H20N2O5/c1-3-27-17-12-13(8-9-16(17)26-2)21-18(23)10-11-22-19(24)14-6-4-5-7-15(14)20(22)25/h4-9,12H,3,10-11H2,1-2H3,(H,21,23). The molecule has 0 radical (unpaired) electrons. The SMILES string of the molecule is CCOc1cc(NC(=O)CCN2C(=O)c3ccccc3C2=O)ccc1OC. The van der Waals surface area contributed by atoms with E-state index in [1.165, 1.54) is 7.11 Å². The second-order valence-corrected chi connectivity index (χ2v) is 5.90. The lowest BCUT2D eigenvalue weighted by molar-refractivity contribution is -0.116. The molecule has 0 saturated heterocycles. The van der Waals surface area contributed by atoms with Crippen molar-refractivity contribution < 1.29 is 23.9 Å². The molecule has 2 aromatic rings. The fraction of sp³-hybridized carbons (Fsp3) is 0.250. The second kappa shape index (κ2) is 7.90. The van der Waals surface area contributed by atoms with E-state index in [-0.39, 0.29) is 30.7 Å². The van der Waals surface area contributed by atoms with Gasteiger partial charge in [0.05, 0.1) is 24.8 Å². The molecule has 1 heterocycles. The Morgan fingerprint density at radius 2 is 1.70 bits per heavy atom. The van der Waals surface area contributed by atoms with Gasteiger partial charge in [0.1, 0.15) is 0 Å². The Balaban J connectivity index is 1.62. The lowest BCUT2D eigenvalue weighted by Gasteiger charge is -2.14. The van der Waals surface area contributed by atoms with Crippen LogP contribution in [0.25, 0.3) is 0 Å². The van der Waals surface area contributed by atoms with Crippen LogP contribution in [0.15, 0.2) is 42.5 Å². The zero-order valence-corrected chi connectivity index (χ0v) is 15.2. The largest absolute Gasteiger partial charge is 0.493 e. The highest BCUT2D eigenvalue weighted by molar-refractivity contribution is 6.21. The molecule has 0 saturated carbocycles. The molecule has 0 fully saturated rings. The fourth-order valence-electron chi connectivity index (χ4n) is 2.90. The van der Waals surface area contributed by atoms with Crippen molar-refractivity contribution in [2.24, 2.45) is 0 Å². The van der Waals surface area contributed by atoms with Gasteiger partial charge < -0.3 is 14.8 Å². The highest BCUT2D eigenvalue weighted by atomic mass is 16.5. The van der Waals surface area contributed by atoms with Gasteiger partial charge in [0, 0.05) is 24.7 Å². The molecule has 0 unspecified atom stereocenters. The molecular formula is C20H20N2O5. The van der Waals surface area contributed by atoms with Crippen molar-refractivity contribution >= 4 is 23.4 Å². The Morgan fingerprint density at radius 3 is 2.30 bits per heavy atom. The molecule has 0 aromatic heterocycles. The van der Waals surface area contributed by atoms with Gasteiger partial charge in [-0.05, 0) is 31.2 Å². The molecule has 27 heavy (non-hydrogen) atoms.